The third-order valence-corrected chi connectivity index (χ3v) is 14.4. The van der Waals surface area contributed by atoms with Crippen LogP contribution in [0, 0.1) is 17.8 Å². The zero-order chi connectivity index (χ0) is 42.7. The highest BCUT2D eigenvalue weighted by Gasteiger charge is 2.31. The number of benzene rings is 5. The lowest BCUT2D eigenvalue weighted by atomic mass is 9.81. The van der Waals surface area contributed by atoms with E-state index in [0.29, 0.717) is 5.92 Å². The molecule has 3 aliphatic carbocycles. The fraction of sp³-hybridized carbons (Fsp3) is 0.172. The van der Waals surface area contributed by atoms with Crippen molar-refractivity contribution in [2.45, 2.75) is 44.3 Å². The van der Waals surface area contributed by atoms with E-state index >= 15 is 0 Å². The molecule has 6 aromatic rings. The van der Waals surface area contributed by atoms with E-state index in [1.54, 1.807) is 0 Å². The van der Waals surface area contributed by atoms with Gasteiger partial charge in [0.1, 0.15) is 6.04 Å². The highest BCUT2D eigenvalue weighted by atomic mass is 32.1. The van der Waals surface area contributed by atoms with Gasteiger partial charge < -0.3 is 22.1 Å². The minimum atomic E-state index is -0.102. The van der Waals surface area contributed by atoms with Gasteiger partial charge in [0, 0.05) is 66.5 Å². The molecule has 0 bridgehead atoms. The number of thiophene rings is 1. The number of nitrogens with two attached hydrogens (primary N) is 1. The van der Waals surface area contributed by atoms with Gasteiger partial charge in [0.2, 0.25) is 0 Å². The number of allylic oxidation sites excluding steroid dienone is 9. The van der Waals surface area contributed by atoms with E-state index in [-0.39, 0.29) is 30.0 Å². The lowest BCUT2D eigenvalue weighted by Gasteiger charge is -2.32. The van der Waals surface area contributed by atoms with Crippen LogP contribution in [0.15, 0.2) is 211 Å². The average molecular weight is 840 g/mol. The molecule has 6 unspecified atom stereocenters. The molecule has 0 saturated heterocycles. The van der Waals surface area contributed by atoms with Gasteiger partial charge >= 0.3 is 0 Å². The molecule has 5 heteroatoms. The van der Waals surface area contributed by atoms with Crippen molar-refractivity contribution in [2.75, 3.05) is 0 Å². The lowest BCUT2D eigenvalue weighted by molar-refractivity contribution is -0.408. The quantitative estimate of drug-likeness (QED) is 0.105. The zero-order valence-electron chi connectivity index (χ0n) is 35.8. The maximum atomic E-state index is 6.99. The second-order valence-electron chi connectivity index (χ2n) is 17.3. The second kappa shape index (κ2) is 18.1. The van der Waals surface area contributed by atoms with Gasteiger partial charge in [-0.2, -0.15) is 0 Å². The van der Waals surface area contributed by atoms with Crippen LogP contribution in [0.1, 0.15) is 54.5 Å². The normalized spacial score (nSPS) is 21.7. The first-order chi connectivity index (χ1) is 31.0. The molecule has 10 rings (SSSR count). The van der Waals surface area contributed by atoms with Crippen LogP contribution in [0.4, 0.5) is 0 Å². The van der Waals surface area contributed by atoms with Crippen molar-refractivity contribution >= 4 is 48.9 Å². The molecule has 0 saturated carbocycles. The van der Waals surface area contributed by atoms with Crippen LogP contribution in [0.5, 0.6) is 0 Å². The van der Waals surface area contributed by atoms with Crippen molar-refractivity contribution in [1.82, 2.24) is 10.6 Å². The molecule has 6 atom stereocenters. The molecule has 7 N–H and O–H groups in total. The summed E-state index contributed by atoms with van der Waals surface area (Å²) >= 11 is 1.87. The molecule has 1 aromatic heterocycles. The first-order valence-electron chi connectivity index (χ1n) is 22.5. The Labute approximate surface area is 375 Å². The SMILES string of the molecule is CC(NC(C=C(N)C1C=CC=CC1)C1=CC(C2=Cc3ccccc3C(=C(c3ccccc3)C([NH3+])C3C=CC=CC3)N2)CC=C1)c1ccc(-c2ccc3c(c2)sc2ccccc23)cc1. The Morgan fingerprint density at radius 1 is 0.762 bits per heavy atom. The molecule has 4 nitrogen and oxygen atoms in total. The molecule has 63 heavy (non-hydrogen) atoms. The maximum absolute atomic E-state index is 6.99. The van der Waals surface area contributed by atoms with Gasteiger partial charge in [0.15, 0.2) is 0 Å². The van der Waals surface area contributed by atoms with Gasteiger partial charge in [0.25, 0.3) is 0 Å². The summed E-state index contributed by atoms with van der Waals surface area (Å²) in [6.07, 6.45) is 32.0. The van der Waals surface area contributed by atoms with Crippen LogP contribution in [0.2, 0.25) is 0 Å². The van der Waals surface area contributed by atoms with Crippen LogP contribution in [-0.4, -0.2) is 12.1 Å². The number of fused-ring (bicyclic) bond motifs is 4. The molecular weight excluding hydrogens is 785 g/mol. The summed E-state index contributed by atoms with van der Waals surface area (Å²) in [4.78, 5) is 0. The topological polar surface area (TPSA) is 77.7 Å². The van der Waals surface area contributed by atoms with Gasteiger partial charge in [-0.15, -0.1) is 11.3 Å². The van der Waals surface area contributed by atoms with Crippen molar-refractivity contribution in [2.24, 2.45) is 23.5 Å². The summed E-state index contributed by atoms with van der Waals surface area (Å²) in [5.41, 5.74) is 24.9. The Hall–Kier alpha value is -6.50. The summed E-state index contributed by atoms with van der Waals surface area (Å²) in [5, 5.41) is 10.7. The first kappa shape index (κ1) is 40.6. The smallest absolute Gasteiger partial charge is 0.119 e. The Kier molecular flexibility index (Phi) is 11.6. The third-order valence-electron chi connectivity index (χ3n) is 13.2. The van der Waals surface area contributed by atoms with Gasteiger partial charge in [-0.25, -0.2) is 0 Å². The molecule has 0 radical (unpaired) electrons. The summed E-state index contributed by atoms with van der Waals surface area (Å²) in [6, 6.07) is 44.3. The molecule has 0 amide bonds. The van der Waals surface area contributed by atoms with E-state index in [1.807, 2.05) is 11.3 Å². The van der Waals surface area contributed by atoms with Gasteiger partial charge in [0.05, 0.1) is 11.7 Å². The first-order valence-corrected chi connectivity index (χ1v) is 23.3. The standard InChI is InChI=1S/C58H54N4S/c1-38(39-28-30-40(31-29-39)44-32-33-50-49-26-13-14-27-54(49)63-55(50)36-44)61-53(37-51(59)41-16-5-2-6-17-41)47-24-15-23-46(34-47)52-35-45-22-11-12-25-48(45)58(62-52)56(42-18-7-3-8-19-42)57(60)43-20-9-4-10-21-43/h2-16,18-20,22,24-38,41,43,46,53,57,61-62H,17,21,23,59-60H2,1H3/p+1. The number of rotatable bonds is 11. The Balaban J connectivity index is 0.964. The van der Waals surface area contributed by atoms with E-state index < -0.39 is 0 Å². The highest BCUT2D eigenvalue weighted by molar-refractivity contribution is 7.25. The largest absolute Gasteiger partial charge is 0.402 e. The summed E-state index contributed by atoms with van der Waals surface area (Å²) in [7, 11) is 0. The molecule has 0 spiro atoms. The number of nitrogens with one attached hydrogen (secondary N) is 2. The van der Waals surface area contributed by atoms with E-state index in [2.05, 4.69) is 218 Å². The van der Waals surface area contributed by atoms with Gasteiger partial charge in [-0.05, 0) is 83.9 Å². The lowest BCUT2D eigenvalue weighted by Crippen LogP contribution is -2.65. The van der Waals surface area contributed by atoms with E-state index in [0.717, 1.165) is 30.7 Å². The van der Waals surface area contributed by atoms with E-state index in [9.17, 15) is 0 Å². The van der Waals surface area contributed by atoms with E-state index in [4.69, 9.17) is 11.5 Å². The zero-order valence-corrected chi connectivity index (χ0v) is 36.6. The predicted molar refractivity (Wildman–Crippen MR) is 268 cm³/mol. The molecular formula is C58H55N4S+. The Morgan fingerprint density at radius 2 is 1.51 bits per heavy atom. The summed E-state index contributed by atoms with van der Waals surface area (Å²) in [6.45, 7) is 2.26. The van der Waals surface area contributed by atoms with Gasteiger partial charge in [-0.1, -0.05) is 176 Å². The molecule has 5 aromatic carbocycles. The number of hydrogen-bond acceptors (Lipinski definition) is 4. The fourth-order valence-corrected chi connectivity index (χ4v) is 10.8. The minimum absolute atomic E-state index is 0.0482. The maximum Gasteiger partial charge on any atom is 0.119 e. The van der Waals surface area contributed by atoms with Crippen LogP contribution in [0.3, 0.4) is 0 Å². The van der Waals surface area contributed by atoms with Crippen molar-refractivity contribution < 1.29 is 5.73 Å². The molecule has 312 valence electrons. The van der Waals surface area contributed by atoms with Crippen molar-refractivity contribution in [1.29, 1.82) is 0 Å². The summed E-state index contributed by atoms with van der Waals surface area (Å²) < 4.78 is 2.65. The molecule has 4 aliphatic rings. The third kappa shape index (κ3) is 8.53. The Bertz CT molecular complexity index is 2930. The van der Waals surface area contributed by atoms with Crippen molar-refractivity contribution in [3.63, 3.8) is 0 Å². The van der Waals surface area contributed by atoms with Crippen LogP contribution in [-0.2, 0) is 0 Å². The number of hydrogen-bond donors (Lipinski definition) is 4. The predicted octanol–water partition coefficient (Wildman–Crippen LogP) is 12.5. The highest BCUT2D eigenvalue weighted by Crippen LogP contribution is 2.40. The average Bonchev–Trinajstić information content (AvgIpc) is 3.73. The molecule has 2 heterocycles. The van der Waals surface area contributed by atoms with Crippen molar-refractivity contribution in [3.05, 3.63) is 233 Å². The summed E-state index contributed by atoms with van der Waals surface area (Å²) in [5.74, 6) is 0.610. The van der Waals surface area contributed by atoms with Crippen LogP contribution >= 0.6 is 11.3 Å². The minimum Gasteiger partial charge on any atom is -0.402 e. The van der Waals surface area contributed by atoms with Gasteiger partial charge in [-0.3, -0.25) is 0 Å². The number of quaternary nitrogens is 1. The molecule has 1 aliphatic heterocycles. The van der Waals surface area contributed by atoms with Crippen LogP contribution < -0.4 is 22.1 Å². The fourth-order valence-electron chi connectivity index (χ4n) is 9.70. The molecule has 0 fully saturated rings. The van der Waals surface area contributed by atoms with Crippen LogP contribution in [0.25, 0.3) is 48.6 Å². The van der Waals surface area contributed by atoms with Crippen molar-refractivity contribution in [3.8, 4) is 11.1 Å². The van der Waals surface area contributed by atoms with E-state index in [1.165, 1.54) is 70.4 Å². The monoisotopic (exact) mass is 839 g/mol. The Morgan fingerprint density at radius 3 is 2.32 bits per heavy atom. The second-order valence-corrected chi connectivity index (χ2v) is 18.4.